The van der Waals surface area contributed by atoms with E-state index in [2.05, 4.69) is 11.4 Å². The number of carbonyl (C=O) groups excluding carboxylic acids is 1. The Kier molecular flexibility index (Phi) is 5.34. The van der Waals surface area contributed by atoms with Crippen molar-refractivity contribution in [1.82, 2.24) is 5.32 Å². The Hall–Kier alpha value is -0.940. The van der Waals surface area contributed by atoms with Crippen LogP contribution in [0, 0.1) is 0 Å². The summed E-state index contributed by atoms with van der Waals surface area (Å²) < 4.78 is 0. The fourth-order valence-corrected chi connectivity index (χ4v) is 3.63. The number of thiophene rings is 1. The molecular weight excluding hydrogens is 276 g/mol. The summed E-state index contributed by atoms with van der Waals surface area (Å²) in [6, 6.07) is 2.07. The van der Waals surface area contributed by atoms with E-state index in [-0.39, 0.29) is 5.91 Å². The monoisotopic (exact) mass is 296 g/mol. The number of rotatable bonds is 6. The topological polar surface area (TPSA) is 55.1 Å². The summed E-state index contributed by atoms with van der Waals surface area (Å²) in [6.45, 7) is 0.698. The van der Waals surface area contributed by atoms with E-state index in [0.717, 1.165) is 37.0 Å². The molecule has 0 aromatic carbocycles. The number of nitrogens with two attached hydrogens (primary N) is 1. The smallest absolute Gasteiger partial charge is 0.261 e. The van der Waals surface area contributed by atoms with Crippen LogP contribution in [0.5, 0.6) is 0 Å². The second-order valence-corrected chi connectivity index (χ2v) is 6.61. The van der Waals surface area contributed by atoms with Gasteiger partial charge in [0, 0.05) is 11.4 Å². The van der Waals surface area contributed by atoms with Crippen molar-refractivity contribution in [2.24, 2.45) is 5.73 Å². The van der Waals surface area contributed by atoms with Gasteiger partial charge in [0.25, 0.3) is 5.91 Å². The third-order valence-corrected chi connectivity index (χ3v) is 4.80. The number of thiocarbonyl (C=S) groups is 1. The minimum Gasteiger partial charge on any atom is -0.393 e. The van der Waals surface area contributed by atoms with Gasteiger partial charge in [0.2, 0.25) is 0 Å². The zero-order chi connectivity index (χ0) is 13.7. The van der Waals surface area contributed by atoms with Crippen LogP contribution in [0.1, 0.15) is 52.2 Å². The van der Waals surface area contributed by atoms with Gasteiger partial charge in [-0.25, -0.2) is 0 Å². The summed E-state index contributed by atoms with van der Waals surface area (Å²) in [5.41, 5.74) is 6.81. The molecule has 5 heteroatoms. The van der Waals surface area contributed by atoms with Gasteiger partial charge >= 0.3 is 0 Å². The highest BCUT2D eigenvalue weighted by Crippen LogP contribution is 2.29. The highest BCUT2D eigenvalue weighted by molar-refractivity contribution is 7.80. The SMILES string of the molecule is NC(=S)CCCCNC(=O)c1cc2c(s1)CCCC2. The molecule has 0 bridgehead atoms. The molecular formula is C14H20N2OS2. The molecule has 1 aromatic rings. The molecule has 1 aliphatic carbocycles. The summed E-state index contributed by atoms with van der Waals surface area (Å²) in [6.07, 6.45) is 7.41. The summed E-state index contributed by atoms with van der Waals surface area (Å²) >= 11 is 6.47. The number of amides is 1. The Labute approximate surface area is 123 Å². The van der Waals surface area contributed by atoms with E-state index < -0.39 is 0 Å². The molecule has 3 nitrogen and oxygen atoms in total. The number of aryl methyl sites for hydroxylation is 2. The normalized spacial score (nSPS) is 13.9. The molecule has 1 amide bonds. The van der Waals surface area contributed by atoms with Crippen LogP contribution >= 0.6 is 23.6 Å². The van der Waals surface area contributed by atoms with Crippen molar-refractivity contribution in [3.63, 3.8) is 0 Å². The molecule has 0 fully saturated rings. The van der Waals surface area contributed by atoms with Crippen LogP contribution in [-0.4, -0.2) is 17.4 Å². The molecule has 0 spiro atoms. The maximum Gasteiger partial charge on any atom is 0.261 e. The second-order valence-electron chi connectivity index (χ2n) is 4.95. The van der Waals surface area contributed by atoms with Gasteiger partial charge in [-0.15, -0.1) is 11.3 Å². The third kappa shape index (κ3) is 4.28. The first kappa shape index (κ1) is 14.5. The summed E-state index contributed by atoms with van der Waals surface area (Å²) in [5.74, 6) is 0.0646. The molecule has 0 radical (unpaired) electrons. The predicted octanol–water partition coefficient (Wildman–Crippen LogP) is 2.81. The van der Waals surface area contributed by atoms with Crippen molar-refractivity contribution in [3.8, 4) is 0 Å². The third-order valence-electron chi connectivity index (χ3n) is 3.36. The number of unbranched alkanes of at least 4 members (excludes halogenated alkanes) is 1. The first-order valence-electron chi connectivity index (χ1n) is 6.85. The highest BCUT2D eigenvalue weighted by Gasteiger charge is 2.16. The van der Waals surface area contributed by atoms with Gasteiger partial charge < -0.3 is 11.1 Å². The number of nitrogens with one attached hydrogen (secondary N) is 1. The Morgan fingerprint density at radius 1 is 1.37 bits per heavy atom. The lowest BCUT2D eigenvalue weighted by molar-refractivity contribution is 0.0957. The van der Waals surface area contributed by atoms with Gasteiger partial charge in [0.15, 0.2) is 0 Å². The fourth-order valence-electron chi connectivity index (χ4n) is 2.32. The molecule has 0 saturated carbocycles. The lowest BCUT2D eigenvalue weighted by Gasteiger charge is -2.08. The summed E-state index contributed by atoms with van der Waals surface area (Å²) in [7, 11) is 0. The summed E-state index contributed by atoms with van der Waals surface area (Å²) in [4.78, 5) is 14.8. The maximum atomic E-state index is 12.0. The van der Waals surface area contributed by atoms with Gasteiger partial charge in [0.05, 0.1) is 9.87 Å². The maximum absolute atomic E-state index is 12.0. The molecule has 1 aliphatic rings. The van der Waals surface area contributed by atoms with Gasteiger partial charge in [-0.1, -0.05) is 12.2 Å². The van der Waals surface area contributed by atoms with Gasteiger partial charge in [0.1, 0.15) is 0 Å². The Balaban J connectivity index is 1.77. The molecule has 1 heterocycles. The molecule has 0 saturated heterocycles. The average molecular weight is 296 g/mol. The molecule has 2 rings (SSSR count). The van der Waals surface area contributed by atoms with E-state index in [4.69, 9.17) is 18.0 Å². The average Bonchev–Trinajstić information content (AvgIpc) is 2.81. The van der Waals surface area contributed by atoms with Gasteiger partial charge in [-0.2, -0.15) is 0 Å². The van der Waals surface area contributed by atoms with Crippen LogP contribution in [-0.2, 0) is 12.8 Å². The van der Waals surface area contributed by atoms with Gasteiger partial charge in [-0.05, 0) is 56.6 Å². The Morgan fingerprint density at radius 2 is 2.16 bits per heavy atom. The van der Waals surface area contributed by atoms with Crippen LogP contribution in [0.3, 0.4) is 0 Å². The van der Waals surface area contributed by atoms with Crippen LogP contribution in [0.4, 0.5) is 0 Å². The highest BCUT2D eigenvalue weighted by atomic mass is 32.1. The van der Waals surface area contributed by atoms with Gasteiger partial charge in [-0.3, -0.25) is 4.79 Å². The van der Waals surface area contributed by atoms with Crippen molar-refractivity contribution in [2.75, 3.05) is 6.54 Å². The molecule has 1 aromatic heterocycles. The van der Waals surface area contributed by atoms with E-state index in [1.165, 1.54) is 23.3 Å². The first-order valence-corrected chi connectivity index (χ1v) is 8.07. The van der Waals surface area contributed by atoms with Crippen LogP contribution in [0.25, 0.3) is 0 Å². The van der Waals surface area contributed by atoms with E-state index in [9.17, 15) is 4.79 Å². The minimum absolute atomic E-state index is 0.0646. The number of hydrogen-bond donors (Lipinski definition) is 2. The molecule has 0 unspecified atom stereocenters. The molecule has 3 N–H and O–H groups in total. The quantitative estimate of drug-likeness (QED) is 0.627. The van der Waals surface area contributed by atoms with Crippen molar-refractivity contribution in [1.29, 1.82) is 0 Å². The van der Waals surface area contributed by atoms with Crippen LogP contribution in [0.15, 0.2) is 6.07 Å². The zero-order valence-electron chi connectivity index (χ0n) is 11.0. The standard InChI is InChI=1S/C14H20N2OS2/c15-13(18)7-3-4-8-16-14(17)12-9-10-5-1-2-6-11(10)19-12/h9H,1-8H2,(H2,15,18)(H,16,17). The first-order chi connectivity index (χ1) is 9.16. The zero-order valence-corrected chi connectivity index (χ0v) is 12.7. The largest absolute Gasteiger partial charge is 0.393 e. The number of fused-ring (bicyclic) bond motifs is 1. The van der Waals surface area contributed by atoms with E-state index in [1.54, 1.807) is 11.3 Å². The summed E-state index contributed by atoms with van der Waals surface area (Å²) in [5, 5.41) is 2.97. The molecule has 19 heavy (non-hydrogen) atoms. The van der Waals surface area contributed by atoms with Crippen molar-refractivity contribution in [3.05, 3.63) is 21.4 Å². The lowest BCUT2D eigenvalue weighted by atomic mass is 9.99. The van der Waals surface area contributed by atoms with Crippen molar-refractivity contribution >= 4 is 34.5 Å². The predicted molar refractivity (Wildman–Crippen MR) is 83.9 cm³/mol. The number of carbonyl (C=O) groups is 1. The Bertz CT molecular complexity index is 445. The minimum atomic E-state index is 0.0646. The molecule has 0 aliphatic heterocycles. The second kappa shape index (κ2) is 7.01. The molecule has 104 valence electrons. The van der Waals surface area contributed by atoms with E-state index >= 15 is 0 Å². The van der Waals surface area contributed by atoms with Crippen LogP contribution < -0.4 is 11.1 Å². The van der Waals surface area contributed by atoms with Crippen molar-refractivity contribution < 1.29 is 4.79 Å². The number of hydrogen-bond acceptors (Lipinski definition) is 3. The molecule has 0 atom stereocenters. The van der Waals surface area contributed by atoms with Crippen molar-refractivity contribution in [2.45, 2.75) is 44.9 Å². The van der Waals surface area contributed by atoms with Crippen LogP contribution in [0.2, 0.25) is 0 Å². The lowest BCUT2D eigenvalue weighted by Crippen LogP contribution is -2.23. The van der Waals surface area contributed by atoms with E-state index in [1.807, 2.05) is 0 Å². The fraction of sp³-hybridized carbons (Fsp3) is 0.571. The Morgan fingerprint density at radius 3 is 2.89 bits per heavy atom. The van der Waals surface area contributed by atoms with E-state index in [0.29, 0.717) is 11.5 Å².